The molecule has 0 radical (unpaired) electrons. The van der Waals surface area contributed by atoms with Gasteiger partial charge in [-0.15, -0.1) is 10.2 Å². The zero-order valence-corrected chi connectivity index (χ0v) is 13.2. The van der Waals surface area contributed by atoms with Crippen molar-refractivity contribution < 1.29 is 18.3 Å². The zero-order chi connectivity index (χ0) is 16.9. The molecule has 7 heteroatoms. The van der Waals surface area contributed by atoms with Crippen LogP contribution in [0.3, 0.4) is 0 Å². The monoisotopic (exact) mass is 346 g/mol. The molecule has 5 nitrogen and oxygen atoms in total. The lowest BCUT2D eigenvalue weighted by Crippen LogP contribution is -2.08. The van der Waals surface area contributed by atoms with Gasteiger partial charge in [0, 0.05) is 0 Å². The molecule has 2 aromatic carbocycles. The molecule has 0 spiro atoms. The number of hydrogen-bond donors (Lipinski definition) is 0. The van der Waals surface area contributed by atoms with Crippen molar-refractivity contribution in [2.24, 2.45) is 0 Å². The van der Waals surface area contributed by atoms with Crippen molar-refractivity contribution in [2.75, 3.05) is 0 Å². The molecule has 1 heterocycles. The standard InChI is InChI=1S/C17H12ClFN2O3/c18-14-4-2-1-3-13(14)17-21-20-15(24-17)10-23-16(22)9-11-5-7-12(19)8-6-11/h1-8H,9-10H2. The number of carbonyl (C=O) groups is 1. The SMILES string of the molecule is O=C(Cc1ccc(F)cc1)OCc1nnc(-c2ccccc2Cl)o1. The highest BCUT2D eigenvalue weighted by atomic mass is 35.5. The van der Waals surface area contributed by atoms with E-state index in [1.165, 1.54) is 24.3 Å². The maximum absolute atomic E-state index is 12.8. The van der Waals surface area contributed by atoms with Crippen molar-refractivity contribution in [1.29, 1.82) is 0 Å². The molecule has 122 valence electrons. The van der Waals surface area contributed by atoms with Crippen molar-refractivity contribution in [3.63, 3.8) is 0 Å². The summed E-state index contributed by atoms with van der Waals surface area (Å²) in [6.07, 6.45) is 0.0335. The molecule has 0 amide bonds. The van der Waals surface area contributed by atoms with E-state index in [0.29, 0.717) is 16.1 Å². The highest BCUT2D eigenvalue weighted by Crippen LogP contribution is 2.26. The fourth-order valence-corrected chi connectivity index (χ4v) is 2.23. The number of rotatable bonds is 5. The minimum absolute atomic E-state index is 0.0335. The Kier molecular flexibility index (Phi) is 4.86. The van der Waals surface area contributed by atoms with E-state index in [4.69, 9.17) is 20.8 Å². The second-order valence-corrected chi connectivity index (χ2v) is 5.35. The van der Waals surface area contributed by atoms with Crippen molar-refractivity contribution >= 4 is 17.6 Å². The fraction of sp³-hybridized carbons (Fsp3) is 0.118. The first-order valence-electron chi connectivity index (χ1n) is 7.09. The molecule has 0 atom stereocenters. The highest BCUT2D eigenvalue weighted by Gasteiger charge is 2.13. The Hall–Kier alpha value is -2.73. The van der Waals surface area contributed by atoms with Gasteiger partial charge in [-0.05, 0) is 29.8 Å². The summed E-state index contributed by atoms with van der Waals surface area (Å²) >= 11 is 6.06. The lowest BCUT2D eigenvalue weighted by Gasteiger charge is -2.02. The third-order valence-electron chi connectivity index (χ3n) is 3.19. The normalized spacial score (nSPS) is 10.6. The molecule has 0 aliphatic rings. The van der Waals surface area contributed by atoms with Crippen LogP contribution in [0.2, 0.25) is 5.02 Å². The Labute approximate surface area is 142 Å². The summed E-state index contributed by atoms with van der Waals surface area (Å²) in [4.78, 5) is 11.8. The maximum atomic E-state index is 12.8. The summed E-state index contributed by atoms with van der Waals surface area (Å²) in [6.45, 7) is -0.141. The molecule has 0 N–H and O–H groups in total. The summed E-state index contributed by atoms with van der Waals surface area (Å²) in [5.41, 5.74) is 1.26. The lowest BCUT2D eigenvalue weighted by molar-refractivity contribution is -0.144. The van der Waals surface area contributed by atoms with Crippen LogP contribution in [0, 0.1) is 5.82 Å². The summed E-state index contributed by atoms with van der Waals surface area (Å²) < 4.78 is 23.3. The smallest absolute Gasteiger partial charge is 0.310 e. The van der Waals surface area contributed by atoms with Crippen LogP contribution in [0.15, 0.2) is 52.9 Å². The van der Waals surface area contributed by atoms with Crippen LogP contribution in [-0.2, 0) is 22.6 Å². The quantitative estimate of drug-likeness (QED) is 0.657. The molecule has 0 aliphatic heterocycles. The Morgan fingerprint density at radius 1 is 1.12 bits per heavy atom. The largest absolute Gasteiger partial charge is 0.455 e. The van der Waals surface area contributed by atoms with Crippen molar-refractivity contribution in [1.82, 2.24) is 10.2 Å². The van der Waals surface area contributed by atoms with E-state index in [1.54, 1.807) is 24.3 Å². The van der Waals surface area contributed by atoms with Crippen LogP contribution in [-0.4, -0.2) is 16.2 Å². The number of hydrogen-bond acceptors (Lipinski definition) is 5. The van der Waals surface area contributed by atoms with E-state index in [0.717, 1.165) is 0 Å². The average Bonchev–Trinajstić information content (AvgIpc) is 3.04. The number of carbonyl (C=O) groups excluding carboxylic acids is 1. The predicted molar refractivity (Wildman–Crippen MR) is 84.6 cm³/mol. The lowest BCUT2D eigenvalue weighted by atomic mass is 10.1. The van der Waals surface area contributed by atoms with Gasteiger partial charge in [0.2, 0.25) is 5.89 Å². The van der Waals surface area contributed by atoms with Crippen LogP contribution < -0.4 is 0 Å². The zero-order valence-electron chi connectivity index (χ0n) is 12.4. The van der Waals surface area contributed by atoms with E-state index in [1.807, 2.05) is 0 Å². The molecule has 3 aromatic rings. The molecule has 0 saturated carbocycles. The van der Waals surface area contributed by atoms with E-state index in [-0.39, 0.29) is 30.6 Å². The van der Waals surface area contributed by atoms with Crippen LogP contribution in [0.25, 0.3) is 11.5 Å². The van der Waals surface area contributed by atoms with Gasteiger partial charge in [-0.3, -0.25) is 4.79 Å². The third-order valence-corrected chi connectivity index (χ3v) is 3.52. The third kappa shape index (κ3) is 3.97. The molecule has 1 aromatic heterocycles. The number of aromatic nitrogens is 2. The maximum Gasteiger partial charge on any atom is 0.310 e. The summed E-state index contributed by atoms with van der Waals surface area (Å²) in [6, 6.07) is 12.7. The number of halogens is 2. The number of benzene rings is 2. The van der Waals surface area contributed by atoms with Crippen molar-refractivity contribution in [3.8, 4) is 11.5 Å². The van der Waals surface area contributed by atoms with E-state index in [2.05, 4.69) is 10.2 Å². The van der Waals surface area contributed by atoms with E-state index >= 15 is 0 Å². The van der Waals surface area contributed by atoms with Crippen molar-refractivity contribution in [2.45, 2.75) is 13.0 Å². The number of esters is 1. The second kappa shape index (κ2) is 7.23. The van der Waals surface area contributed by atoms with Gasteiger partial charge in [0.15, 0.2) is 6.61 Å². The minimum atomic E-state index is -0.473. The number of nitrogens with zero attached hydrogens (tertiary/aromatic N) is 2. The summed E-state index contributed by atoms with van der Waals surface area (Å²) in [5, 5.41) is 8.19. The van der Waals surface area contributed by atoms with Gasteiger partial charge in [0.25, 0.3) is 5.89 Å². The molecule has 24 heavy (non-hydrogen) atoms. The Bertz CT molecular complexity index is 849. The Morgan fingerprint density at radius 2 is 1.88 bits per heavy atom. The van der Waals surface area contributed by atoms with Crippen LogP contribution in [0.4, 0.5) is 4.39 Å². The van der Waals surface area contributed by atoms with E-state index < -0.39 is 5.97 Å². The Morgan fingerprint density at radius 3 is 2.62 bits per heavy atom. The molecule has 3 rings (SSSR count). The van der Waals surface area contributed by atoms with Gasteiger partial charge >= 0.3 is 5.97 Å². The highest BCUT2D eigenvalue weighted by molar-refractivity contribution is 6.33. The van der Waals surface area contributed by atoms with Crippen LogP contribution in [0.5, 0.6) is 0 Å². The van der Waals surface area contributed by atoms with Crippen molar-refractivity contribution in [3.05, 3.63) is 70.8 Å². The molecule has 0 unspecified atom stereocenters. The molecule has 0 aliphatic carbocycles. The first-order valence-corrected chi connectivity index (χ1v) is 7.47. The minimum Gasteiger partial charge on any atom is -0.455 e. The molecule has 0 fully saturated rings. The predicted octanol–water partition coefficient (Wildman–Crippen LogP) is 3.82. The van der Waals surface area contributed by atoms with Gasteiger partial charge in [-0.1, -0.05) is 35.9 Å². The van der Waals surface area contributed by atoms with Gasteiger partial charge in [0.1, 0.15) is 5.82 Å². The average molecular weight is 347 g/mol. The van der Waals surface area contributed by atoms with Crippen LogP contribution >= 0.6 is 11.6 Å². The first-order chi connectivity index (χ1) is 11.6. The first kappa shape index (κ1) is 16.1. The molecular weight excluding hydrogens is 335 g/mol. The summed E-state index contributed by atoms with van der Waals surface area (Å²) in [7, 11) is 0. The van der Waals surface area contributed by atoms with Gasteiger partial charge in [-0.2, -0.15) is 0 Å². The fourth-order valence-electron chi connectivity index (χ4n) is 2.02. The molecule has 0 bridgehead atoms. The van der Waals surface area contributed by atoms with Crippen LogP contribution in [0.1, 0.15) is 11.5 Å². The topological polar surface area (TPSA) is 65.2 Å². The van der Waals surface area contributed by atoms with Gasteiger partial charge in [0.05, 0.1) is 17.0 Å². The second-order valence-electron chi connectivity index (χ2n) is 4.94. The summed E-state index contributed by atoms with van der Waals surface area (Å²) in [5.74, 6) is -0.410. The van der Waals surface area contributed by atoms with Gasteiger partial charge in [-0.25, -0.2) is 4.39 Å². The number of ether oxygens (including phenoxy) is 1. The molecule has 0 saturated heterocycles. The molecular formula is C17H12ClFN2O3. The van der Waals surface area contributed by atoms with E-state index in [9.17, 15) is 9.18 Å². The van der Waals surface area contributed by atoms with Gasteiger partial charge < -0.3 is 9.15 Å². The Balaban J connectivity index is 1.58.